The first-order valence-corrected chi connectivity index (χ1v) is 7.87. The van der Waals surface area contributed by atoms with Crippen molar-refractivity contribution < 1.29 is 24.2 Å². The van der Waals surface area contributed by atoms with Gasteiger partial charge in [0.05, 0.1) is 30.0 Å². The van der Waals surface area contributed by atoms with Gasteiger partial charge in [-0.15, -0.1) is 0 Å². The number of nitrogens with zero attached hydrogens (tertiary/aromatic N) is 1. The number of phenolic OH excluding ortho intramolecular Hbond substituents is 1. The van der Waals surface area contributed by atoms with Crippen LogP contribution in [0.4, 0.5) is 5.69 Å². The molecule has 1 N–H and O–H groups in total. The van der Waals surface area contributed by atoms with E-state index < -0.39 is 11.9 Å². The Morgan fingerprint density at radius 3 is 2.28 bits per heavy atom. The van der Waals surface area contributed by atoms with Gasteiger partial charge in [-0.25, -0.2) is 9.59 Å². The predicted octanol–water partition coefficient (Wildman–Crippen LogP) is 3.50. The lowest BCUT2D eigenvalue weighted by molar-refractivity contribution is 0.0479. The van der Waals surface area contributed by atoms with Crippen molar-refractivity contribution in [3.05, 3.63) is 59.2 Å². The third kappa shape index (κ3) is 4.67. The van der Waals surface area contributed by atoms with Crippen LogP contribution >= 0.6 is 0 Å². The first kappa shape index (κ1) is 18.2. The van der Waals surface area contributed by atoms with E-state index in [1.165, 1.54) is 24.4 Å². The summed E-state index contributed by atoms with van der Waals surface area (Å²) in [5.74, 6) is -1.07. The molecule has 6 nitrogen and oxygen atoms in total. The predicted molar refractivity (Wildman–Crippen MR) is 93.7 cm³/mol. The van der Waals surface area contributed by atoms with Crippen molar-refractivity contribution in [2.24, 2.45) is 4.99 Å². The molecule has 2 rings (SSSR count). The summed E-state index contributed by atoms with van der Waals surface area (Å²) in [5, 5.41) is 9.30. The number of hydrogen-bond acceptors (Lipinski definition) is 6. The van der Waals surface area contributed by atoms with E-state index in [0.717, 1.165) is 0 Å². The molecule has 0 aromatic heterocycles. The van der Waals surface area contributed by atoms with Crippen molar-refractivity contribution in [2.45, 2.75) is 13.8 Å². The van der Waals surface area contributed by atoms with Gasteiger partial charge in [0.15, 0.2) is 0 Å². The lowest BCUT2D eigenvalue weighted by atomic mass is 10.0. The lowest BCUT2D eigenvalue weighted by Crippen LogP contribution is -2.16. The molecule has 0 aliphatic heterocycles. The maximum absolute atomic E-state index is 12.3. The summed E-state index contributed by atoms with van der Waals surface area (Å²) in [6.45, 7) is 3.77. The van der Waals surface area contributed by atoms with Crippen molar-refractivity contribution in [1.82, 2.24) is 0 Å². The minimum absolute atomic E-state index is 0.116. The number of carbonyl (C=O) groups excluding carboxylic acids is 2. The largest absolute Gasteiger partial charge is 0.508 e. The maximum atomic E-state index is 12.3. The summed E-state index contributed by atoms with van der Waals surface area (Å²) >= 11 is 0. The molecule has 0 bridgehead atoms. The molecule has 0 unspecified atom stereocenters. The van der Waals surface area contributed by atoms with Gasteiger partial charge < -0.3 is 14.6 Å². The standard InChI is InChI=1S/C19H19NO5/c1-3-24-18(22)16-7-5-6-13(17(16)19(23)25-4-2)12-20-14-8-10-15(21)11-9-14/h5-12,21H,3-4H2,1-2H3. The number of hydrogen-bond donors (Lipinski definition) is 1. The Labute approximate surface area is 145 Å². The van der Waals surface area contributed by atoms with Crippen LogP contribution in [0, 0.1) is 0 Å². The van der Waals surface area contributed by atoms with Gasteiger partial charge >= 0.3 is 11.9 Å². The van der Waals surface area contributed by atoms with E-state index in [2.05, 4.69) is 4.99 Å². The third-order valence-electron chi connectivity index (χ3n) is 3.27. The van der Waals surface area contributed by atoms with Gasteiger partial charge in [0.1, 0.15) is 5.75 Å². The molecule has 0 amide bonds. The van der Waals surface area contributed by atoms with Crippen molar-refractivity contribution in [1.29, 1.82) is 0 Å². The van der Waals surface area contributed by atoms with E-state index in [9.17, 15) is 14.7 Å². The summed E-state index contributed by atoms with van der Waals surface area (Å²) < 4.78 is 10.1. The second kappa shape index (κ2) is 8.63. The van der Waals surface area contributed by atoms with E-state index >= 15 is 0 Å². The number of rotatable bonds is 6. The molecule has 130 valence electrons. The molecule has 0 atom stereocenters. The Balaban J connectivity index is 2.45. The average molecular weight is 341 g/mol. The van der Waals surface area contributed by atoms with Crippen molar-refractivity contribution >= 4 is 23.8 Å². The second-order valence-electron chi connectivity index (χ2n) is 4.99. The normalized spacial score (nSPS) is 10.6. The molecule has 0 spiro atoms. The Morgan fingerprint density at radius 1 is 1.00 bits per heavy atom. The number of benzene rings is 2. The number of aliphatic imine (C=N–C) groups is 1. The molecule has 0 aliphatic rings. The van der Waals surface area contributed by atoms with Gasteiger partial charge in [-0.2, -0.15) is 0 Å². The van der Waals surface area contributed by atoms with Gasteiger partial charge in [0.2, 0.25) is 0 Å². The molecule has 0 saturated carbocycles. The quantitative estimate of drug-likeness (QED) is 0.642. The highest BCUT2D eigenvalue weighted by atomic mass is 16.5. The number of carbonyl (C=O) groups is 2. The molecular formula is C19H19NO5. The van der Waals surface area contributed by atoms with E-state index in [4.69, 9.17) is 9.47 Å². The fourth-order valence-electron chi connectivity index (χ4n) is 2.17. The van der Waals surface area contributed by atoms with Crippen LogP contribution in [-0.4, -0.2) is 36.5 Å². The van der Waals surface area contributed by atoms with Gasteiger partial charge in [-0.05, 0) is 44.2 Å². The third-order valence-corrected chi connectivity index (χ3v) is 3.27. The summed E-state index contributed by atoms with van der Waals surface area (Å²) in [6.07, 6.45) is 1.47. The molecule has 0 radical (unpaired) electrons. The number of aromatic hydroxyl groups is 1. The van der Waals surface area contributed by atoms with Crippen LogP contribution in [0.5, 0.6) is 5.75 Å². The number of esters is 2. The van der Waals surface area contributed by atoms with Gasteiger partial charge in [-0.3, -0.25) is 4.99 Å². The van der Waals surface area contributed by atoms with E-state index in [0.29, 0.717) is 11.3 Å². The highest BCUT2D eigenvalue weighted by Crippen LogP contribution is 2.20. The van der Waals surface area contributed by atoms with Crippen LogP contribution < -0.4 is 0 Å². The fraction of sp³-hybridized carbons (Fsp3) is 0.211. The topological polar surface area (TPSA) is 85.2 Å². The molecular weight excluding hydrogens is 322 g/mol. The Kier molecular flexibility index (Phi) is 6.28. The maximum Gasteiger partial charge on any atom is 0.339 e. The van der Waals surface area contributed by atoms with E-state index in [1.54, 1.807) is 38.1 Å². The average Bonchev–Trinajstić information content (AvgIpc) is 2.61. The van der Waals surface area contributed by atoms with Crippen LogP contribution in [0.2, 0.25) is 0 Å². The summed E-state index contributed by atoms with van der Waals surface area (Å²) in [5.41, 5.74) is 1.28. The van der Waals surface area contributed by atoms with Crippen LogP contribution in [0.1, 0.15) is 40.1 Å². The molecule has 6 heteroatoms. The number of phenols is 1. The van der Waals surface area contributed by atoms with Crippen LogP contribution in [-0.2, 0) is 9.47 Å². The molecule has 0 heterocycles. The van der Waals surface area contributed by atoms with Crippen LogP contribution in [0.15, 0.2) is 47.5 Å². The Morgan fingerprint density at radius 2 is 1.64 bits per heavy atom. The highest BCUT2D eigenvalue weighted by molar-refractivity contribution is 6.08. The molecule has 0 saturated heterocycles. The van der Waals surface area contributed by atoms with Gasteiger partial charge in [-0.1, -0.05) is 12.1 Å². The van der Waals surface area contributed by atoms with Crippen molar-refractivity contribution in [3.8, 4) is 5.75 Å². The number of ether oxygens (including phenoxy) is 2. The first-order chi connectivity index (χ1) is 12.1. The molecule has 0 fully saturated rings. The van der Waals surface area contributed by atoms with E-state index in [1.807, 2.05) is 0 Å². The molecule has 25 heavy (non-hydrogen) atoms. The monoisotopic (exact) mass is 341 g/mol. The summed E-state index contributed by atoms with van der Waals surface area (Å²) in [4.78, 5) is 28.7. The van der Waals surface area contributed by atoms with Crippen LogP contribution in [0.3, 0.4) is 0 Å². The van der Waals surface area contributed by atoms with Gasteiger partial charge in [0, 0.05) is 11.8 Å². The van der Waals surface area contributed by atoms with E-state index in [-0.39, 0.29) is 30.1 Å². The Hall–Kier alpha value is -3.15. The molecule has 2 aromatic carbocycles. The molecule has 2 aromatic rings. The SMILES string of the molecule is CCOC(=O)c1cccc(C=Nc2ccc(O)cc2)c1C(=O)OCC. The minimum Gasteiger partial charge on any atom is -0.508 e. The summed E-state index contributed by atoms with van der Waals surface area (Å²) in [6, 6.07) is 11.1. The zero-order valence-electron chi connectivity index (χ0n) is 14.1. The fourth-order valence-corrected chi connectivity index (χ4v) is 2.17. The van der Waals surface area contributed by atoms with Crippen molar-refractivity contribution in [3.63, 3.8) is 0 Å². The van der Waals surface area contributed by atoms with Gasteiger partial charge in [0.25, 0.3) is 0 Å². The first-order valence-electron chi connectivity index (χ1n) is 7.87. The smallest absolute Gasteiger partial charge is 0.339 e. The summed E-state index contributed by atoms with van der Waals surface area (Å²) in [7, 11) is 0. The highest BCUT2D eigenvalue weighted by Gasteiger charge is 2.22. The Bertz CT molecular complexity index is 781. The van der Waals surface area contributed by atoms with Crippen LogP contribution in [0.25, 0.3) is 0 Å². The lowest BCUT2D eigenvalue weighted by Gasteiger charge is -2.11. The molecule has 0 aliphatic carbocycles. The zero-order valence-corrected chi connectivity index (χ0v) is 14.1. The second-order valence-corrected chi connectivity index (χ2v) is 4.99. The minimum atomic E-state index is -0.613. The van der Waals surface area contributed by atoms with Crippen molar-refractivity contribution in [2.75, 3.05) is 13.2 Å². The zero-order chi connectivity index (χ0) is 18.2.